The number of rotatable bonds is 10. The zero-order chi connectivity index (χ0) is 17.4. The first-order valence-electron chi connectivity index (χ1n) is 7.79. The minimum Gasteiger partial charge on any atom is -0.481 e. The summed E-state index contributed by atoms with van der Waals surface area (Å²) in [7, 11) is 0. The van der Waals surface area contributed by atoms with Crippen molar-refractivity contribution in [3.8, 4) is 0 Å². The molecule has 1 aromatic rings. The molecule has 0 aliphatic rings. The fourth-order valence-corrected chi connectivity index (χ4v) is 2.27. The number of aromatic nitrogens is 1. The molecule has 7 heteroatoms. The lowest BCUT2D eigenvalue weighted by atomic mass is 10.1. The number of carbonyl (C=O) groups is 2. The lowest BCUT2D eigenvalue weighted by Gasteiger charge is -2.27. The molecule has 0 aliphatic heterocycles. The largest absolute Gasteiger partial charge is 0.481 e. The van der Waals surface area contributed by atoms with Crippen LogP contribution in [0.1, 0.15) is 27.2 Å². The molecule has 0 saturated carbocycles. The Morgan fingerprint density at radius 3 is 2.26 bits per heavy atom. The van der Waals surface area contributed by atoms with Gasteiger partial charge in [0.25, 0.3) is 0 Å². The summed E-state index contributed by atoms with van der Waals surface area (Å²) in [4.78, 5) is 30.1. The molecule has 0 aromatic carbocycles. The monoisotopic (exact) mass is 323 g/mol. The van der Waals surface area contributed by atoms with Gasteiger partial charge in [-0.3, -0.25) is 9.59 Å². The standard InChI is InChI=1S/C16H25N3O4/c1-4-18(5-2)14-7-6-13(10-17-14)19(9-8-15(20)21)11-12(3)16(22)23/h6-7,10,12H,4-5,8-9,11H2,1-3H3,(H,20,21)(H,22,23). The van der Waals surface area contributed by atoms with E-state index in [0.717, 1.165) is 24.6 Å². The predicted octanol–water partition coefficient (Wildman–Crippen LogP) is 1.93. The minimum absolute atomic E-state index is 0.0515. The van der Waals surface area contributed by atoms with Crippen molar-refractivity contribution in [1.82, 2.24) is 4.98 Å². The molecule has 1 heterocycles. The van der Waals surface area contributed by atoms with Gasteiger partial charge in [-0.2, -0.15) is 0 Å². The third-order valence-corrected chi connectivity index (χ3v) is 3.70. The number of anilines is 2. The van der Waals surface area contributed by atoms with E-state index < -0.39 is 17.9 Å². The van der Waals surface area contributed by atoms with E-state index in [1.54, 1.807) is 18.0 Å². The number of carboxylic acids is 2. The lowest BCUT2D eigenvalue weighted by Crippen LogP contribution is -2.33. The summed E-state index contributed by atoms with van der Waals surface area (Å²) in [5.41, 5.74) is 0.732. The molecule has 0 fully saturated rings. The van der Waals surface area contributed by atoms with Crippen molar-refractivity contribution < 1.29 is 19.8 Å². The Morgan fingerprint density at radius 1 is 1.17 bits per heavy atom. The normalized spacial score (nSPS) is 11.8. The Bertz CT molecular complexity index is 515. The fourth-order valence-electron chi connectivity index (χ4n) is 2.27. The summed E-state index contributed by atoms with van der Waals surface area (Å²) >= 11 is 0. The molecule has 0 saturated heterocycles. The first-order valence-corrected chi connectivity index (χ1v) is 7.79. The van der Waals surface area contributed by atoms with Crippen LogP contribution >= 0.6 is 0 Å². The zero-order valence-electron chi connectivity index (χ0n) is 13.9. The van der Waals surface area contributed by atoms with E-state index in [1.165, 1.54) is 0 Å². The van der Waals surface area contributed by atoms with Crippen molar-refractivity contribution >= 4 is 23.4 Å². The van der Waals surface area contributed by atoms with Crippen molar-refractivity contribution in [2.75, 3.05) is 36.0 Å². The Balaban J connectivity index is 2.91. The second kappa shape index (κ2) is 8.97. The van der Waals surface area contributed by atoms with Crippen molar-refractivity contribution in [2.24, 2.45) is 5.92 Å². The average molecular weight is 323 g/mol. The third-order valence-electron chi connectivity index (χ3n) is 3.70. The first kappa shape index (κ1) is 18.7. The molecule has 128 valence electrons. The van der Waals surface area contributed by atoms with Gasteiger partial charge in [-0.05, 0) is 26.0 Å². The molecule has 7 nitrogen and oxygen atoms in total. The number of hydrogen-bond acceptors (Lipinski definition) is 5. The maximum atomic E-state index is 11.1. The number of aliphatic carboxylic acids is 2. The molecule has 23 heavy (non-hydrogen) atoms. The number of hydrogen-bond donors (Lipinski definition) is 2. The summed E-state index contributed by atoms with van der Waals surface area (Å²) in [5.74, 6) is -1.56. The molecular weight excluding hydrogens is 298 g/mol. The van der Waals surface area contributed by atoms with E-state index in [2.05, 4.69) is 9.88 Å². The Labute approximate surface area is 136 Å². The van der Waals surface area contributed by atoms with E-state index in [4.69, 9.17) is 10.2 Å². The van der Waals surface area contributed by atoms with Gasteiger partial charge < -0.3 is 20.0 Å². The maximum absolute atomic E-state index is 11.1. The zero-order valence-corrected chi connectivity index (χ0v) is 13.9. The van der Waals surface area contributed by atoms with Crippen LogP contribution < -0.4 is 9.80 Å². The van der Waals surface area contributed by atoms with Gasteiger partial charge in [0.15, 0.2) is 0 Å². The molecule has 1 atom stereocenters. The Hall–Kier alpha value is -2.31. The molecule has 1 aromatic heterocycles. The Morgan fingerprint density at radius 2 is 1.83 bits per heavy atom. The summed E-state index contributed by atoms with van der Waals surface area (Å²) in [6.07, 6.45) is 1.62. The molecule has 0 amide bonds. The van der Waals surface area contributed by atoms with E-state index in [1.807, 2.05) is 26.0 Å². The smallest absolute Gasteiger partial charge is 0.308 e. The van der Waals surface area contributed by atoms with Crippen LogP contribution in [0.25, 0.3) is 0 Å². The van der Waals surface area contributed by atoms with Crippen LogP contribution in [0.4, 0.5) is 11.5 Å². The lowest BCUT2D eigenvalue weighted by molar-refractivity contribution is -0.140. The van der Waals surface area contributed by atoms with E-state index in [0.29, 0.717) is 0 Å². The van der Waals surface area contributed by atoms with Crippen LogP contribution in [0, 0.1) is 5.92 Å². The van der Waals surface area contributed by atoms with Crippen LogP contribution in [-0.2, 0) is 9.59 Å². The average Bonchev–Trinajstić information content (AvgIpc) is 2.52. The Kier molecular flexibility index (Phi) is 7.31. The highest BCUT2D eigenvalue weighted by Gasteiger charge is 2.18. The molecule has 0 aliphatic carbocycles. The van der Waals surface area contributed by atoms with Gasteiger partial charge in [-0.15, -0.1) is 0 Å². The number of carboxylic acid groups (broad SMARTS) is 2. The van der Waals surface area contributed by atoms with Crippen molar-refractivity contribution in [3.63, 3.8) is 0 Å². The van der Waals surface area contributed by atoms with E-state index in [9.17, 15) is 9.59 Å². The second-order valence-electron chi connectivity index (χ2n) is 5.38. The van der Waals surface area contributed by atoms with Crippen molar-refractivity contribution in [3.05, 3.63) is 18.3 Å². The fraction of sp³-hybridized carbons (Fsp3) is 0.562. The summed E-state index contributed by atoms with van der Waals surface area (Å²) in [6, 6.07) is 3.73. The summed E-state index contributed by atoms with van der Waals surface area (Å²) in [5, 5.41) is 17.9. The maximum Gasteiger partial charge on any atom is 0.308 e. The highest BCUT2D eigenvalue weighted by molar-refractivity contribution is 5.71. The molecule has 0 bridgehead atoms. The SMILES string of the molecule is CCN(CC)c1ccc(N(CCC(=O)O)CC(C)C(=O)O)cn1. The van der Waals surface area contributed by atoms with Crippen molar-refractivity contribution in [2.45, 2.75) is 27.2 Å². The third kappa shape index (κ3) is 5.77. The van der Waals surface area contributed by atoms with Crippen LogP contribution in [0.15, 0.2) is 18.3 Å². The minimum atomic E-state index is -0.911. The van der Waals surface area contributed by atoms with Gasteiger partial charge in [-0.1, -0.05) is 6.92 Å². The molecule has 0 radical (unpaired) electrons. The summed E-state index contributed by atoms with van der Waals surface area (Å²) in [6.45, 7) is 7.89. The van der Waals surface area contributed by atoms with Gasteiger partial charge in [0.2, 0.25) is 0 Å². The second-order valence-corrected chi connectivity index (χ2v) is 5.38. The van der Waals surface area contributed by atoms with Crippen LogP contribution in [0.2, 0.25) is 0 Å². The van der Waals surface area contributed by atoms with Gasteiger partial charge in [0, 0.05) is 26.2 Å². The van der Waals surface area contributed by atoms with Gasteiger partial charge in [-0.25, -0.2) is 4.98 Å². The molecule has 1 rings (SSSR count). The van der Waals surface area contributed by atoms with E-state index in [-0.39, 0.29) is 19.5 Å². The van der Waals surface area contributed by atoms with Gasteiger partial charge in [0.1, 0.15) is 5.82 Å². The topological polar surface area (TPSA) is 94.0 Å². The first-order chi connectivity index (χ1) is 10.9. The van der Waals surface area contributed by atoms with E-state index >= 15 is 0 Å². The van der Waals surface area contributed by atoms with Crippen molar-refractivity contribution in [1.29, 1.82) is 0 Å². The van der Waals surface area contributed by atoms with Gasteiger partial charge in [0.05, 0.1) is 24.2 Å². The quantitative estimate of drug-likeness (QED) is 0.679. The highest BCUT2D eigenvalue weighted by Crippen LogP contribution is 2.19. The molecule has 2 N–H and O–H groups in total. The molecule has 0 spiro atoms. The molecular formula is C16H25N3O4. The number of pyridine rings is 1. The molecule has 1 unspecified atom stereocenters. The van der Waals surface area contributed by atoms with Gasteiger partial charge >= 0.3 is 11.9 Å². The summed E-state index contributed by atoms with van der Waals surface area (Å²) < 4.78 is 0. The van der Waals surface area contributed by atoms with Crippen LogP contribution in [0.5, 0.6) is 0 Å². The highest BCUT2D eigenvalue weighted by atomic mass is 16.4. The van der Waals surface area contributed by atoms with Crippen LogP contribution in [-0.4, -0.2) is 53.3 Å². The van der Waals surface area contributed by atoms with Crippen LogP contribution in [0.3, 0.4) is 0 Å². The number of nitrogens with zero attached hydrogens (tertiary/aromatic N) is 3. The predicted molar refractivity (Wildman–Crippen MR) is 89.1 cm³/mol.